The van der Waals surface area contributed by atoms with Crippen LogP contribution in [0.4, 0.5) is 0 Å². The summed E-state index contributed by atoms with van der Waals surface area (Å²) in [5.41, 5.74) is 1.50. The molecule has 0 unspecified atom stereocenters. The second kappa shape index (κ2) is 4.47. The van der Waals surface area contributed by atoms with Crippen LogP contribution in [0.25, 0.3) is 0 Å². The maximum absolute atomic E-state index is 8.97. The first kappa shape index (κ1) is 10.3. The van der Waals surface area contributed by atoms with E-state index in [9.17, 15) is 0 Å². The van der Waals surface area contributed by atoms with E-state index in [0.29, 0.717) is 11.6 Å². The van der Waals surface area contributed by atoms with Crippen LogP contribution in [0, 0.1) is 5.41 Å². The van der Waals surface area contributed by atoms with Gasteiger partial charge in [-0.25, -0.2) is 0 Å². The Balaban J connectivity index is 2.10. The molecule has 0 aromatic carbocycles. The summed E-state index contributed by atoms with van der Waals surface area (Å²) in [5.74, 6) is 0. The lowest BCUT2D eigenvalue weighted by atomic mass is 10.1. The highest BCUT2D eigenvalue weighted by molar-refractivity contribution is 6.36. The van der Waals surface area contributed by atoms with Gasteiger partial charge in [0.05, 0.1) is 0 Å². The van der Waals surface area contributed by atoms with Crippen molar-refractivity contribution in [1.29, 1.82) is 0 Å². The first-order chi connectivity index (χ1) is 5.72. The van der Waals surface area contributed by atoms with E-state index in [0.717, 1.165) is 19.4 Å². The Hall–Kier alpha value is 0.240. The van der Waals surface area contributed by atoms with E-state index in [2.05, 4.69) is 5.32 Å². The number of halogens is 2. The third kappa shape index (κ3) is 2.94. The van der Waals surface area contributed by atoms with Gasteiger partial charge in [0.2, 0.25) is 0 Å². The zero-order chi connectivity index (χ0) is 9.03. The minimum absolute atomic E-state index is 0.142. The maximum atomic E-state index is 8.97. The van der Waals surface area contributed by atoms with Crippen LogP contribution >= 0.6 is 23.2 Å². The largest absolute Gasteiger partial charge is 0.396 e. The van der Waals surface area contributed by atoms with E-state index in [1.807, 2.05) is 0 Å². The molecule has 1 aliphatic rings. The summed E-state index contributed by atoms with van der Waals surface area (Å²) in [6, 6.07) is 0. The summed E-state index contributed by atoms with van der Waals surface area (Å²) in [4.78, 5) is 0. The van der Waals surface area contributed by atoms with Crippen molar-refractivity contribution in [3.8, 4) is 0 Å². The topological polar surface area (TPSA) is 32.3 Å². The molecule has 0 saturated heterocycles. The van der Waals surface area contributed by atoms with Crippen LogP contribution in [0.15, 0.2) is 10.6 Å². The van der Waals surface area contributed by atoms with E-state index in [-0.39, 0.29) is 12.0 Å². The Labute approximate surface area is 82.5 Å². The predicted octanol–water partition coefficient (Wildman–Crippen LogP) is 1.67. The summed E-state index contributed by atoms with van der Waals surface area (Å²) in [5, 5.41) is 12.7. The molecular weight excluding hydrogens is 197 g/mol. The zero-order valence-electron chi connectivity index (χ0n) is 6.82. The van der Waals surface area contributed by atoms with Crippen molar-refractivity contribution >= 4 is 23.2 Å². The van der Waals surface area contributed by atoms with Gasteiger partial charge in [0, 0.05) is 35.7 Å². The number of rotatable bonds is 5. The van der Waals surface area contributed by atoms with Crippen LogP contribution in [0.5, 0.6) is 0 Å². The van der Waals surface area contributed by atoms with E-state index in [4.69, 9.17) is 28.3 Å². The summed E-state index contributed by atoms with van der Waals surface area (Å²) < 4.78 is 0. The minimum atomic E-state index is 0.142. The third-order valence-corrected chi connectivity index (χ3v) is 2.82. The first-order valence-electron chi connectivity index (χ1n) is 3.99. The molecule has 0 atom stereocenters. The van der Waals surface area contributed by atoms with Gasteiger partial charge in [-0.3, -0.25) is 0 Å². The second-order valence-electron chi connectivity index (χ2n) is 3.32. The van der Waals surface area contributed by atoms with Crippen molar-refractivity contribution in [2.24, 2.45) is 5.41 Å². The highest BCUT2D eigenvalue weighted by Gasteiger charge is 2.41. The smallest absolute Gasteiger partial charge is 0.0499 e. The van der Waals surface area contributed by atoms with Gasteiger partial charge in [0.15, 0.2) is 0 Å². The van der Waals surface area contributed by atoms with Crippen LogP contribution in [0.1, 0.15) is 12.8 Å². The second-order valence-corrected chi connectivity index (χ2v) is 4.02. The van der Waals surface area contributed by atoms with E-state index >= 15 is 0 Å². The first-order valence-corrected chi connectivity index (χ1v) is 4.80. The van der Waals surface area contributed by atoms with Crippen LogP contribution in [-0.4, -0.2) is 24.8 Å². The lowest BCUT2D eigenvalue weighted by Gasteiger charge is -2.11. The fraction of sp³-hybridized carbons (Fsp3) is 0.750. The molecule has 0 aromatic heterocycles. The monoisotopic (exact) mass is 209 g/mol. The van der Waals surface area contributed by atoms with Crippen molar-refractivity contribution < 1.29 is 5.11 Å². The summed E-state index contributed by atoms with van der Waals surface area (Å²) in [7, 11) is 0. The van der Waals surface area contributed by atoms with Gasteiger partial charge in [0.25, 0.3) is 0 Å². The molecule has 0 aromatic rings. The number of hydrogen-bond donors (Lipinski definition) is 2. The molecule has 70 valence electrons. The Kier molecular flexibility index (Phi) is 3.84. The van der Waals surface area contributed by atoms with Gasteiger partial charge in [-0.2, -0.15) is 0 Å². The molecule has 1 saturated carbocycles. The molecular formula is C8H13Cl2NO. The summed E-state index contributed by atoms with van der Waals surface area (Å²) in [6.07, 6.45) is 2.22. The van der Waals surface area contributed by atoms with E-state index in [1.165, 1.54) is 5.54 Å². The highest BCUT2D eigenvalue weighted by atomic mass is 35.5. The lowest BCUT2D eigenvalue weighted by Crippen LogP contribution is -2.27. The number of aliphatic hydroxyl groups excluding tert-OH is 1. The lowest BCUT2D eigenvalue weighted by molar-refractivity contribution is 0.209. The van der Waals surface area contributed by atoms with E-state index < -0.39 is 0 Å². The molecule has 0 aliphatic heterocycles. The standard InChI is InChI=1S/C8H13Cl2NO/c9-3-7(10)4-11-5-8(6-12)1-2-8/h3,11-12H,1-2,4-6H2. The Morgan fingerprint density at radius 1 is 1.58 bits per heavy atom. The van der Waals surface area contributed by atoms with Crippen molar-refractivity contribution in [3.05, 3.63) is 10.6 Å². The molecule has 0 amide bonds. The Morgan fingerprint density at radius 3 is 2.67 bits per heavy atom. The van der Waals surface area contributed by atoms with Crippen LogP contribution < -0.4 is 5.32 Å². The van der Waals surface area contributed by atoms with Crippen molar-refractivity contribution in [1.82, 2.24) is 5.32 Å². The molecule has 12 heavy (non-hydrogen) atoms. The Morgan fingerprint density at radius 2 is 2.25 bits per heavy atom. The minimum Gasteiger partial charge on any atom is -0.396 e. The van der Waals surface area contributed by atoms with Crippen molar-refractivity contribution in [3.63, 3.8) is 0 Å². The molecule has 1 aliphatic carbocycles. The van der Waals surface area contributed by atoms with Crippen LogP contribution in [0.3, 0.4) is 0 Å². The predicted molar refractivity (Wildman–Crippen MR) is 51.4 cm³/mol. The van der Waals surface area contributed by atoms with Gasteiger partial charge in [0.1, 0.15) is 0 Å². The summed E-state index contributed by atoms with van der Waals surface area (Å²) in [6.45, 7) is 1.68. The quantitative estimate of drug-likeness (QED) is 0.723. The van der Waals surface area contributed by atoms with Crippen molar-refractivity contribution in [2.75, 3.05) is 19.7 Å². The molecule has 0 spiro atoms. The molecule has 0 heterocycles. The number of hydrogen-bond acceptors (Lipinski definition) is 2. The van der Waals surface area contributed by atoms with Gasteiger partial charge in [-0.05, 0) is 12.8 Å². The molecule has 1 rings (SSSR count). The number of nitrogens with one attached hydrogen (secondary N) is 1. The fourth-order valence-corrected chi connectivity index (χ4v) is 1.22. The fourth-order valence-electron chi connectivity index (χ4n) is 1.05. The average molecular weight is 210 g/mol. The molecule has 4 heteroatoms. The molecule has 1 fully saturated rings. The van der Waals surface area contributed by atoms with Gasteiger partial charge in [-0.1, -0.05) is 23.2 Å². The van der Waals surface area contributed by atoms with E-state index in [1.54, 1.807) is 0 Å². The average Bonchev–Trinajstić information content (AvgIpc) is 2.85. The van der Waals surface area contributed by atoms with Gasteiger partial charge < -0.3 is 10.4 Å². The van der Waals surface area contributed by atoms with Crippen LogP contribution in [0.2, 0.25) is 0 Å². The molecule has 0 bridgehead atoms. The Bertz CT molecular complexity index is 178. The zero-order valence-corrected chi connectivity index (χ0v) is 8.33. The third-order valence-electron chi connectivity index (χ3n) is 2.20. The molecule has 2 nitrogen and oxygen atoms in total. The van der Waals surface area contributed by atoms with Crippen molar-refractivity contribution in [2.45, 2.75) is 12.8 Å². The normalized spacial score (nSPS) is 21.1. The van der Waals surface area contributed by atoms with Gasteiger partial charge >= 0.3 is 0 Å². The summed E-state index contributed by atoms with van der Waals surface area (Å²) >= 11 is 11.0. The SMILES string of the molecule is OCC1(CNCC(Cl)=CCl)CC1. The molecule has 2 N–H and O–H groups in total. The number of aliphatic hydroxyl groups is 1. The molecule has 0 radical (unpaired) electrons. The highest BCUT2D eigenvalue weighted by Crippen LogP contribution is 2.44. The van der Waals surface area contributed by atoms with Crippen LogP contribution in [-0.2, 0) is 0 Å². The maximum Gasteiger partial charge on any atom is 0.0499 e. The van der Waals surface area contributed by atoms with Gasteiger partial charge in [-0.15, -0.1) is 0 Å².